The molecule has 0 aliphatic carbocycles. The second-order valence-electron chi connectivity index (χ2n) is 6.22. The van der Waals surface area contributed by atoms with Crippen molar-refractivity contribution in [3.8, 4) is 0 Å². The van der Waals surface area contributed by atoms with Crippen molar-refractivity contribution in [1.29, 1.82) is 0 Å². The summed E-state index contributed by atoms with van der Waals surface area (Å²) in [5, 5.41) is 0. The number of aryl methyl sites for hydroxylation is 4. The van der Waals surface area contributed by atoms with Gasteiger partial charge in [0.25, 0.3) is 5.91 Å². The third-order valence-corrected chi connectivity index (χ3v) is 5.28. The fourth-order valence-electron chi connectivity index (χ4n) is 2.73. The molecule has 24 heavy (non-hydrogen) atoms. The number of hydrogen-bond donors (Lipinski definition) is 0. The maximum Gasteiger partial charge on any atom is 0.279 e. The Labute approximate surface area is 146 Å². The Morgan fingerprint density at radius 1 is 1.08 bits per heavy atom. The lowest BCUT2D eigenvalue weighted by Crippen LogP contribution is -2.16. The third kappa shape index (κ3) is 3.20. The molecule has 3 aromatic rings. The molecule has 0 N–H and O–H groups in total. The summed E-state index contributed by atoms with van der Waals surface area (Å²) in [6.07, 6.45) is 1.00. The maximum atomic E-state index is 12.6. The van der Waals surface area contributed by atoms with Crippen molar-refractivity contribution >= 4 is 27.5 Å². The highest BCUT2D eigenvalue weighted by molar-refractivity contribution is 7.16. The molecule has 0 radical (unpaired) electrons. The molecule has 2 aromatic carbocycles. The normalized spacial score (nSPS) is 12.1. The number of carbonyl (C=O) groups is 1. The molecule has 1 amide bonds. The zero-order chi connectivity index (χ0) is 17.3. The maximum absolute atomic E-state index is 12.6. The summed E-state index contributed by atoms with van der Waals surface area (Å²) in [6.45, 7) is 9.15. The second kappa shape index (κ2) is 6.73. The molecule has 3 nitrogen and oxygen atoms in total. The Morgan fingerprint density at radius 3 is 2.58 bits per heavy atom. The minimum atomic E-state index is -0.175. The number of carbonyl (C=O) groups excluding carboxylic acids is 1. The molecule has 124 valence electrons. The molecule has 4 heteroatoms. The van der Waals surface area contributed by atoms with Gasteiger partial charge in [-0.3, -0.25) is 4.79 Å². The van der Waals surface area contributed by atoms with Crippen molar-refractivity contribution in [2.75, 3.05) is 0 Å². The molecule has 0 aliphatic rings. The third-order valence-electron chi connectivity index (χ3n) is 4.24. The minimum absolute atomic E-state index is 0.175. The highest BCUT2D eigenvalue weighted by Gasteiger charge is 2.09. The second-order valence-corrected chi connectivity index (χ2v) is 7.23. The number of hydrogen-bond acceptors (Lipinski definition) is 2. The van der Waals surface area contributed by atoms with Crippen molar-refractivity contribution in [2.45, 2.75) is 40.7 Å². The predicted octanol–water partition coefficient (Wildman–Crippen LogP) is 4.78. The molecule has 1 aromatic heterocycles. The zero-order valence-corrected chi connectivity index (χ0v) is 15.4. The van der Waals surface area contributed by atoms with Gasteiger partial charge < -0.3 is 4.57 Å². The van der Waals surface area contributed by atoms with Crippen LogP contribution < -0.4 is 4.80 Å². The fourth-order valence-corrected chi connectivity index (χ4v) is 3.88. The van der Waals surface area contributed by atoms with E-state index in [0.717, 1.165) is 28.8 Å². The Hall–Kier alpha value is -2.20. The Balaban J connectivity index is 2.12. The van der Waals surface area contributed by atoms with Crippen molar-refractivity contribution in [2.24, 2.45) is 4.99 Å². The largest absolute Gasteiger partial charge is 0.316 e. The number of rotatable bonds is 3. The molecule has 0 spiro atoms. The molecule has 3 rings (SSSR count). The van der Waals surface area contributed by atoms with Crippen LogP contribution in [0.1, 0.15) is 40.4 Å². The van der Waals surface area contributed by atoms with E-state index in [4.69, 9.17) is 0 Å². The summed E-state index contributed by atoms with van der Waals surface area (Å²) in [6, 6.07) is 12.1. The summed E-state index contributed by atoms with van der Waals surface area (Å²) < 4.78 is 3.33. The lowest BCUT2D eigenvalue weighted by Gasteiger charge is -2.03. The number of benzene rings is 2. The van der Waals surface area contributed by atoms with Gasteiger partial charge in [0.2, 0.25) is 0 Å². The Morgan fingerprint density at radius 2 is 1.88 bits per heavy atom. The number of thiazole rings is 1. The molecule has 0 unspecified atom stereocenters. The summed E-state index contributed by atoms with van der Waals surface area (Å²) in [5.74, 6) is -0.175. The van der Waals surface area contributed by atoms with Gasteiger partial charge >= 0.3 is 0 Å². The molecule has 0 saturated carbocycles. The average molecular weight is 338 g/mol. The topological polar surface area (TPSA) is 34.4 Å². The van der Waals surface area contributed by atoms with E-state index in [-0.39, 0.29) is 5.91 Å². The molecule has 0 fully saturated rings. The minimum Gasteiger partial charge on any atom is -0.316 e. The van der Waals surface area contributed by atoms with Gasteiger partial charge in [-0.1, -0.05) is 30.4 Å². The first kappa shape index (κ1) is 16.7. The van der Waals surface area contributed by atoms with Crippen molar-refractivity contribution in [3.05, 3.63) is 63.5 Å². The van der Waals surface area contributed by atoms with Crippen molar-refractivity contribution in [3.63, 3.8) is 0 Å². The van der Waals surface area contributed by atoms with Crippen LogP contribution in [-0.2, 0) is 6.54 Å². The van der Waals surface area contributed by atoms with Crippen LogP contribution in [0.25, 0.3) is 10.2 Å². The molecule has 0 atom stereocenters. The van der Waals surface area contributed by atoms with E-state index in [1.807, 2.05) is 32.0 Å². The first-order chi connectivity index (χ1) is 11.5. The number of amides is 1. The SMILES string of the molecule is CCCn1c(=NC(=O)c2ccc(C)c(C)c2)sc2cc(C)ccc21. The molecule has 0 saturated heterocycles. The first-order valence-electron chi connectivity index (χ1n) is 8.26. The van der Waals surface area contributed by atoms with Crippen molar-refractivity contribution in [1.82, 2.24) is 4.57 Å². The van der Waals surface area contributed by atoms with Gasteiger partial charge in [0, 0.05) is 12.1 Å². The Kier molecular flexibility index (Phi) is 4.67. The van der Waals surface area contributed by atoms with Crippen LogP contribution in [0.3, 0.4) is 0 Å². The summed E-state index contributed by atoms with van der Waals surface area (Å²) in [4.78, 5) is 17.8. The van der Waals surface area contributed by atoms with Crippen LogP contribution in [0.2, 0.25) is 0 Å². The smallest absolute Gasteiger partial charge is 0.279 e. The molecule has 0 bridgehead atoms. The van der Waals surface area contributed by atoms with Crippen LogP contribution in [-0.4, -0.2) is 10.5 Å². The summed E-state index contributed by atoms with van der Waals surface area (Å²) >= 11 is 1.58. The highest BCUT2D eigenvalue weighted by atomic mass is 32.1. The van der Waals surface area contributed by atoms with Crippen LogP contribution in [0.15, 0.2) is 41.4 Å². The zero-order valence-electron chi connectivity index (χ0n) is 14.6. The monoisotopic (exact) mass is 338 g/mol. The number of aromatic nitrogens is 1. The van der Waals surface area contributed by atoms with E-state index in [0.29, 0.717) is 5.56 Å². The molecule has 0 aliphatic heterocycles. The van der Waals surface area contributed by atoms with Gasteiger partial charge in [0.15, 0.2) is 4.80 Å². The average Bonchev–Trinajstić information content (AvgIpc) is 2.87. The predicted molar refractivity (Wildman–Crippen MR) is 101 cm³/mol. The lowest BCUT2D eigenvalue weighted by atomic mass is 10.1. The van der Waals surface area contributed by atoms with E-state index in [2.05, 4.69) is 41.6 Å². The van der Waals surface area contributed by atoms with Gasteiger partial charge in [-0.25, -0.2) is 0 Å². The van der Waals surface area contributed by atoms with Crippen LogP contribution in [0.5, 0.6) is 0 Å². The van der Waals surface area contributed by atoms with Gasteiger partial charge in [0.05, 0.1) is 10.2 Å². The number of fused-ring (bicyclic) bond motifs is 1. The lowest BCUT2D eigenvalue weighted by molar-refractivity contribution is 0.0997. The molecular weight excluding hydrogens is 316 g/mol. The van der Waals surface area contributed by atoms with Gasteiger partial charge in [-0.2, -0.15) is 4.99 Å². The van der Waals surface area contributed by atoms with Crippen molar-refractivity contribution < 1.29 is 4.79 Å². The molecular formula is C20H22N2OS. The highest BCUT2D eigenvalue weighted by Crippen LogP contribution is 2.19. The first-order valence-corrected chi connectivity index (χ1v) is 9.07. The van der Waals surface area contributed by atoms with E-state index >= 15 is 0 Å². The van der Waals surface area contributed by atoms with Gasteiger partial charge in [-0.15, -0.1) is 0 Å². The Bertz CT molecular complexity index is 979. The fraction of sp³-hybridized carbons (Fsp3) is 0.300. The van der Waals surface area contributed by atoms with Gasteiger partial charge in [-0.05, 0) is 68.1 Å². The number of nitrogens with zero attached hydrogens (tertiary/aromatic N) is 2. The van der Waals surface area contributed by atoms with Gasteiger partial charge in [0.1, 0.15) is 0 Å². The van der Waals surface area contributed by atoms with E-state index in [1.165, 1.54) is 15.8 Å². The summed E-state index contributed by atoms with van der Waals surface area (Å²) in [5.41, 5.74) is 5.32. The van der Waals surface area contributed by atoms with E-state index in [1.54, 1.807) is 11.3 Å². The quantitative estimate of drug-likeness (QED) is 0.677. The standard InChI is InChI=1S/C20H22N2OS/c1-5-10-22-17-9-6-13(2)11-18(17)24-20(22)21-19(23)16-8-7-14(3)15(4)12-16/h6-9,11-12H,5,10H2,1-4H3. The molecule has 1 heterocycles. The summed E-state index contributed by atoms with van der Waals surface area (Å²) in [7, 11) is 0. The van der Waals surface area contributed by atoms with E-state index < -0.39 is 0 Å². The van der Waals surface area contributed by atoms with Crippen LogP contribution in [0.4, 0.5) is 0 Å². The van der Waals surface area contributed by atoms with E-state index in [9.17, 15) is 4.79 Å². The van der Waals surface area contributed by atoms with Crippen LogP contribution in [0, 0.1) is 20.8 Å². The van der Waals surface area contributed by atoms with Crippen LogP contribution >= 0.6 is 11.3 Å².